The van der Waals surface area contributed by atoms with Crippen LogP contribution in [0.25, 0.3) is 22.4 Å². The minimum absolute atomic E-state index is 0.365. The van der Waals surface area contributed by atoms with Gasteiger partial charge in [0.1, 0.15) is 23.1 Å². The summed E-state index contributed by atoms with van der Waals surface area (Å²) >= 11 is 12.6. The predicted molar refractivity (Wildman–Crippen MR) is 129 cm³/mol. The molecule has 1 amide bonds. The molecule has 1 heterocycles. The number of carbonyl (C=O) groups excluding carboxylic acids is 1. The monoisotopic (exact) mass is 485 g/mol. The van der Waals surface area contributed by atoms with E-state index in [2.05, 4.69) is 15.3 Å². The van der Waals surface area contributed by atoms with Gasteiger partial charge in [0.05, 0.1) is 40.9 Å². The fraction of sp³-hybridized carbons (Fsp3) is 0.167. The van der Waals surface area contributed by atoms with Crippen molar-refractivity contribution in [1.82, 2.24) is 15.3 Å². The van der Waals surface area contributed by atoms with Crippen molar-refractivity contribution in [2.75, 3.05) is 20.8 Å². The van der Waals surface area contributed by atoms with E-state index in [1.807, 2.05) is 18.2 Å². The summed E-state index contributed by atoms with van der Waals surface area (Å²) in [4.78, 5) is 20.0. The second kappa shape index (κ2) is 10.0. The smallest absolute Gasteiger partial charge is 0.412 e. The van der Waals surface area contributed by atoms with Crippen LogP contribution in [0, 0.1) is 0 Å². The number of ether oxygens (including phenoxy) is 3. The second-order valence-corrected chi connectivity index (χ2v) is 7.92. The lowest BCUT2D eigenvalue weighted by Gasteiger charge is -2.11. The summed E-state index contributed by atoms with van der Waals surface area (Å²) in [5.74, 6) is 2.36. The highest BCUT2D eigenvalue weighted by Gasteiger charge is 2.14. The van der Waals surface area contributed by atoms with E-state index in [0.717, 1.165) is 17.1 Å². The van der Waals surface area contributed by atoms with Crippen molar-refractivity contribution in [2.24, 2.45) is 0 Å². The van der Waals surface area contributed by atoms with Gasteiger partial charge >= 0.3 is 6.09 Å². The summed E-state index contributed by atoms with van der Waals surface area (Å²) in [5.41, 5.74) is 2.92. The molecule has 0 saturated carbocycles. The van der Waals surface area contributed by atoms with Crippen LogP contribution >= 0.6 is 23.2 Å². The van der Waals surface area contributed by atoms with E-state index in [4.69, 9.17) is 37.4 Å². The van der Waals surface area contributed by atoms with Crippen LogP contribution < -0.4 is 19.5 Å². The van der Waals surface area contributed by atoms with Crippen molar-refractivity contribution in [1.29, 1.82) is 0 Å². The van der Waals surface area contributed by atoms with Crippen LogP contribution in [-0.4, -0.2) is 36.8 Å². The number of hydrogen-bond donors (Lipinski definition) is 2. The van der Waals surface area contributed by atoms with E-state index < -0.39 is 6.09 Å². The Labute approximate surface area is 200 Å². The predicted octanol–water partition coefficient (Wildman–Crippen LogP) is 5.89. The molecule has 0 aliphatic rings. The van der Waals surface area contributed by atoms with E-state index in [1.165, 1.54) is 0 Å². The lowest BCUT2D eigenvalue weighted by atomic mass is 10.1. The first kappa shape index (κ1) is 22.8. The summed E-state index contributed by atoms with van der Waals surface area (Å²) in [6.07, 6.45) is -0.0121. The zero-order valence-electron chi connectivity index (χ0n) is 17.9. The Morgan fingerprint density at radius 1 is 1.00 bits per heavy atom. The van der Waals surface area contributed by atoms with Crippen LogP contribution in [-0.2, 0) is 6.42 Å². The number of carbonyl (C=O) groups is 1. The van der Waals surface area contributed by atoms with Gasteiger partial charge in [-0.3, -0.25) is 0 Å². The van der Waals surface area contributed by atoms with E-state index in [9.17, 15) is 4.79 Å². The van der Waals surface area contributed by atoms with Crippen LogP contribution in [0.4, 0.5) is 4.79 Å². The first-order valence-corrected chi connectivity index (χ1v) is 10.8. The molecule has 4 rings (SSSR count). The molecule has 0 unspecified atom stereocenters. The van der Waals surface area contributed by atoms with Gasteiger partial charge in [-0.15, -0.1) is 0 Å². The number of imidazole rings is 1. The van der Waals surface area contributed by atoms with Gasteiger partial charge in [-0.2, -0.15) is 0 Å². The Balaban J connectivity index is 1.41. The zero-order chi connectivity index (χ0) is 23.4. The normalized spacial score (nSPS) is 10.8. The zero-order valence-corrected chi connectivity index (χ0v) is 19.5. The van der Waals surface area contributed by atoms with Crippen molar-refractivity contribution in [3.05, 3.63) is 70.2 Å². The van der Waals surface area contributed by atoms with Gasteiger partial charge in [-0.05, 0) is 54.4 Å². The Morgan fingerprint density at radius 2 is 1.76 bits per heavy atom. The first-order chi connectivity index (χ1) is 16.0. The number of nitrogens with one attached hydrogen (secondary N) is 2. The molecule has 7 nitrogen and oxygen atoms in total. The Morgan fingerprint density at radius 3 is 2.48 bits per heavy atom. The van der Waals surface area contributed by atoms with Crippen LogP contribution in [0.1, 0.15) is 5.56 Å². The number of aromatic amines is 1. The summed E-state index contributed by atoms with van der Waals surface area (Å²) in [6.45, 7) is 0.365. The van der Waals surface area contributed by atoms with E-state index in [-0.39, 0.29) is 0 Å². The highest BCUT2D eigenvalue weighted by atomic mass is 35.5. The lowest BCUT2D eigenvalue weighted by molar-refractivity contribution is 0.200. The number of fused-ring (bicyclic) bond motifs is 1. The number of amides is 1. The third-order valence-electron chi connectivity index (χ3n) is 5.01. The molecule has 4 aromatic rings. The van der Waals surface area contributed by atoms with Gasteiger partial charge in [0, 0.05) is 12.6 Å². The summed E-state index contributed by atoms with van der Waals surface area (Å²) in [6, 6.07) is 15.9. The van der Waals surface area contributed by atoms with E-state index >= 15 is 0 Å². The SMILES string of the molecule is COc1ccc(OC)c(CCNC(=O)Oc2ccc3nc(-c4c(Cl)cccc4Cl)[nH]c3c2)c1. The van der Waals surface area contributed by atoms with Crippen molar-refractivity contribution in [3.8, 4) is 28.6 Å². The maximum atomic E-state index is 12.3. The average molecular weight is 486 g/mol. The number of rotatable bonds is 7. The van der Waals surface area contributed by atoms with E-state index in [0.29, 0.717) is 51.2 Å². The number of aromatic nitrogens is 2. The molecule has 1 aromatic heterocycles. The molecule has 0 fully saturated rings. The van der Waals surface area contributed by atoms with Gasteiger partial charge < -0.3 is 24.5 Å². The number of H-pyrrole nitrogens is 1. The van der Waals surface area contributed by atoms with Crippen molar-refractivity contribution < 1.29 is 19.0 Å². The molecule has 9 heteroatoms. The van der Waals surface area contributed by atoms with Gasteiger partial charge in [0.15, 0.2) is 0 Å². The first-order valence-electron chi connectivity index (χ1n) is 10.1. The van der Waals surface area contributed by atoms with Crippen LogP contribution in [0.5, 0.6) is 17.2 Å². The minimum atomic E-state index is -0.565. The molecule has 170 valence electrons. The lowest BCUT2D eigenvalue weighted by Crippen LogP contribution is -2.28. The number of hydrogen-bond acceptors (Lipinski definition) is 5. The summed E-state index contributed by atoms with van der Waals surface area (Å²) < 4.78 is 16.0. The largest absolute Gasteiger partial charge is 0.497 e. The van der Waals surface area contributed by atoms with Gasteiger partial charge in [0.25, 0.3) is 0 Å². The summed E-state index contributed by atoms with van der Waals surface area (Å²) in [5, 5.41) is 3.73. The van der Waals surface area contributed by atoms with Crippen LogP contribution in [0.3, 0.4) is 0 Å². The van der Waals surface area contributed by atoms with Crippen LogP contribution in [0.15, 0.2) is 54.6 Å². The average Bonchev–Trinajstić information content (AvgIpc) is 3.21. The molecule has 0 atom stereocenters. The molecule has 33 heavy (non-hydrogen) atoms. The molecule has 0 aliphatic carbocycles. The quantitative estimate of drug-likeness (QED) is 0.341. The molecule has 3 aromatic carbocycles. The maximum absolute atomic E-state index is 12.3. The van der Waals surface area contributed by atoms with Gasteiger partial charge in [-0.25, -0.2) is 9.78 Å². The molecule has 0 spiro atoms. The van der Waals surface area contributed by atoms with Crippen LogP contribution in [0.2, 0.25) is 10.0 Å². The van der Waals surface area contributed by atoms with Gasteiger partial charge in [0.2, 0.25) is 0 Å². The molecule has 0 bridgehead atoms. The van der Waals surface area contributed by atoms with Crippen molar-refractivity contribution >= 4 is 40.3 Å². The molecular weight excluding hydrogens is 465 g/mol. The number of benzene rings is 3. The standard InChI is InChI=1S/C24H21Cl2N3O4/c1-31-15-7-9-21(32-2)14(12-15)10-11-27-24(30)33-16-6-8-19-20(13-16)29-23(28-19)22-17(25)4-3-5-18(22)26/h3-9,12-13H,10-11H2,1-2H3,(H,27,30)(H,28,29). The molecular formula is C24H21Cl2N3O4. The highest BCUT2D eigenvalue weighted by molar-refractivity contribution is 6.39. The second-order valence-electron chi connectivity index (χ2n) is 7.11. The minimum Gasteiger partial charge on any atom is -0.497 e. The van der Waals surface area contributed by atoms with Crippen molar-refractivity contribution in [2.45, 2.75) is 6.42 Å². The molecule has 0 aliphatic heterocycles. The number of nitrogens with zero attached hydrogens (tertiary/aromatic N) is 1. The van der Waals surface area contributed by atoms with Gasteiger partial charge in [-0.1, -0.05) is 29.3 Å². The Bertz CT molecular complexity index is 1290. The summed E-state index contributed by atoms with van der Waals surface area (Å²) in [7, 11) is 3.20. The number of methoxy groups -OCH3 is 2. The maximum Gasteiger partial charge on any atom is 0.412 e. The highest BCUT2D eigenvalue weighted by Crippen LogP contribution is 2.34. The molecule has 2 N–H and O–H groups in total. The topological polar surface area (TPSA) is 85.5 Å². The number of halogens is 2. The third-order valence-corrected chi connectivity index (χ3v) is 5.64. The Kier molecular flexibility index (Phi) is 6.91. The third kappa shape index (κ3) is 5.16. The van der Waals surface area contributed by atoms with Crippen molar-refractivity contribution in [3.63, 3.8) is 0 Å². The molecule has 0 saturated heterocycles. The fourth-order valence-corrected chi connectivity index (χ4v) is 3.99. The fourth-order valence-electron chi connectivity index (χ4n) is 3.41. The van der Waals surface area contributed by atoms with E-state index in [1.54, 1.807) is 50.6 Å². The Hall–Kier alpha value is -3.42. The molecule has 0 radical (unpaired) electrons.